The maximum absolute atomic E-state index is 12.8. The Bertz CT molecular complexity index is 629. The highest BCUT2D eigenvalue weighted by Crippen LogP contribution is 2.48. The lowest BCUT2D eigenvalue weighted by Gasteiger charge is -2.25. The van der Waals surface area contributed by atoms with Crippen LogP contribution < -0.4 is 0 Å². The number of hydrogen-bond acceptors (Lipinski definition) is 2. The van der Waals surface area contributed by atoms with Crippen molar-refractivity contribution in [1.29, 1.82) is 0 Å². The molecule has 24 heavy (non-hydrogen) atoms. The molecule has 1 fully saturated rings. The molecular formula is C17H21F3N2O2. The molecule has 2 amide bonds. The van der Waals surface area contributed by atoms with E-state index < -0.39 is 37.0 Å². The van der Waals surface area contributed by atoms with Crippen molar-refractivity contribution >= 4 is 11.8 Å². The van der Waals surface area contributed by atoms with Crippen molar-refractivity contribution < 1.29 is 22.8 Å². The number of rotatable bonds is 5. The fourth-order valence-electron chi connectivity index (χ4n) is 2.70. The topological polar surface area (TPSA) is 40.6 Å². The third-order valence-electron chi connectivity index (χ3n) is 4.08. The molecular weight excluding hydrogens is 321 g/mol. The van der Waals surface area contributed by atoms with E-state index in [0.29, 0.717) is 11.3 Å². The van der Waals surface area contributed by atoms with Gasteiger partial charge in [-0.1, -0.05) is 29.8 Å². The van der Waals surface area contributed by atoms with Gasteiger partial charge in [-0.15, -0.1) is 0 Å². The summed E-state index contributed by atoms with van der Waals surface area (Å²) in [5.41, 5.74) is 2.00. The third-order valence-corrected chi connectivity index (χ3v) is 4.08. The van der Waals surface area contributed by atoms with Gasteiger partial charge in [0.25, 0.3) is 0 Å². The van der Waals surface area contributed by atoms with Gasteiger partial charge in [-0.05, 0) is 24.8 Å². The van der Waals surface area contributed by atoms with Crippen LogP contribution in [0.1, 0.15) is 23.5 Å². The summed E-state index contributed by atoms with van der Waals surface area (Å²) < 4.78 is 38.3. The van der Waals surface area contributed by atoms with Gasteiger partial charge in [0.1, 0.15) is 13.1 Å². The summed E-state index contributed by atoms with van der Waals surface area (Å²) >= 11 is 0. The average Bonchev–Trinajstić information content (AvgIpc) is 3.24. The van der Waals surface area contributed by atoms with Crippen LogP contribution in [-0.2, 0) is 9.59 Å². The second-order valence-corrected chi connectivity index (χ2v) is 6.46. The Labute approximate surface area is 139 Å². The first kappa shape index (κ1) is 18.3. The summed E-state index contributed by atoms with van der Waals surface area (Å²) in [4.78, 5) is 26.0. The summed E-state index contributed by atoms with van der Waals surface area (Å²) in [6.07, 6.45) is -4.01. The van der Waals surface area contributed by atoms with Crippen LogP contribution in [0.2, 0.25) is 0 Å². The number of benzene rings is 1. The molecule has 7 heteroatoms. The van der Waals surface area contributed by atoms with E-state index in [1.165, 1.54) is 19.0 Å². The molecule has 132 valence electrons. The summed E-state index contributed by atoms with van der Waals surface area (Å²) in [7, 11) is 2.90. The number of hydrogen-bond donors (Lipinski definition) is 0. The third kappa shape index (κ3) is 4.72. The number of halogens is 3. The molecule has 1 aromatic rings. The van der Waals surface area contributed by atoms with E-state index in [2.05, 4.69) is 0 Å². The zero-order valence-electron chi connectivity index (χ0n) is 13.9. The number of alkyl halides is 3. The molecule has 2 atom stereocenters. The van der Waals surface area contributed by atoms with Gasteiger partial charge in [0, 0.05) is 20.0 Å². The molecule has 0 heterocycles. The van der Waals surface area contributed by atoms with Gasteiger partial charge >= 0.3 is 6.18 Å². The zero-order valence-corrected chi connectivity index (χ0v) is 13.9. The van der Waals surface area contributed by atoms with Gasteiger partial charge in [-0.25, -0.2) is 0 Å². The molecule has 4 nitrogen and oxygen atoms in total. The molecule has 1 aliphatic rings. The van der Waals surface area contributed by atoms with Gasteiger partial charge in [-0.3, -0.25) is 9.59 Å². The Morgan fingerprint density at radius 2 is 1.92 bits per heavy atom. The summed E-state index contributed by atoms with van der Waals surface area (Å²) in [6.45, 7) is -0.0285. The van der Waals surface area contributed by atoms with E-state index >= 15 is 0 Å². The summed E-state index contributed by atoms with van der Waals surface area (Å²) in [5.74, 6) is -1.68. The number of amides is 2. The quantitative estimate of drug-likeness (QED) is 0.825. The van der Waals surface area contributed by atoms with Gasteiger partial charge in [0.2, 0.25) is 11.8 Å². The first-order valence-electron chi connectivity index (χ1n) is 7.70. The number of likely N-dealkylation sites (N-methyl/N-ethyl adjacent to an activating group) is 1. The first-order valence-corrected chi connectivity index (χ1v) is 7.70. The summed E-state index contributed by atoms with van der Waals surface area (Å²) in [5, 5.41) is 0. The predicted molar refractivity (Wildman–Crippen MR) is 83.4 cm³/mol. The minimum absolute atomic E-state index is 0.0670. The highest BCUT2D eigenvalue weighted by Gasteiger charge is 2.47. The fraction of sp³-hybridized carbons (Fsp3) is 0.529. The minimum Gasteiger partial charge on any atom is -0.347 e. The molecule has 1 saturated carbocycles. The van der Waals surface area contributed by atoms with Gasteiger partial charge in [-0.2, -0.15) is 13.2 Å². The van der Waals surface area contributed by atoms with Crippen molar-refractivity contribution in [3.8, 4) is 0 Å². The average molecular weight is 342 g/mol. The number of carbonyl (C=O) groups is 2. The number of nitrogens with zero attached hydrogens (tertiary/aromatic N) is 2. The molecule has 0 bridgehead atoms. The van der Waals surface area contributed by atoms with E-state index in [1.807, 2.05) is 31.2 Å². The Morgan fingerprint density at radius 3 is 2.46 bits per heavy atom. The minimum atomic E-state index is -4.53. The molecule has 0 saturated heterocycles. The predicted octanol–water partition coefficient (Wildman–Crippen LogP) is 2.58. The van der Waals surface area contributed by atoms with Crippen molar-refractivity contribution in [2.45, 2.75) is 25.4 Å². The molecule has 1 aromatic carbocycles. The largest absolute Gasteiger partial charge is 0.406 e. The monoisotopic (exact) mass is 342 g/mol. The molecule has 0 radical (unpaired) electrons. The highest BCUT2D eigenvalue weighted by atomic mass is 19.4. The van der Waals surface area contributed by atoms with Crippen LogP contribution in [0.15, 0.2) is 24.3 Å². The summed E-state index contributed by atoms with van der Waals surface area (Å²) in [6, 6.07) is 7.61. The van der Waals surface area contributed by atoms with Crippen LogP contribution in [0.3, 0.4) is 0 Å². The maximum atomic E-state index is 12.8. The van der Waals surface area contributed by atoms with Crippen molar-refractivity contribution in [2.75, 3.05) is 27.2 Å². The van der Waals surface area contributed by atoms with E-state index in [-0.39, 0.29) is 5.92 Å². The lowest BCUT2D eigenvalue weighted by molar-refractivity contribution is -0.164. The molecule has 0 spiro atoms. The van der Waals surface area contributed by atoms with E-state index in [0.717, 1.165) is 11.1 Å². The Morgan fingerprint density at radius 1 is 1.25 bits per heavy atom. The van der Waals surface area contributed by atoms with Crippen molar-refractivity contribution in [1.82, 2.24) is 9.80 Å². The van der Waals surface area contributed by atoms with Gasteiger partial charge in [0.05, 0.1) is 0 Å². The standard InChI is InChI=1S/C17H21F3N2O2/c1-11-5-4-6-12(7-11)13-8-14(13)16(24)22(10-17(18,19)20)9-15(23)21(2)3/h4-7,13-14H,8-10H2,1-3H3/t13-,14+/m1/s1. The Hall–Kier alpha value is -2.05. The molecule has 1 aliphatic carbocycles. The lowest BCUT2D eigenvalue weighted by atomic mass is 10.1. The normalized spacial score (nSPS) is 19.8. The maximum Gasteiger partial charge on any atom is 0.406 e. The van der Waals surface area contributed by atoms with Gasteiger partial charge in [0.15, 0.2) is 0 Å². The molecule has 0 unspecified atom stereocenters. The molecule has 0 N–H and O–H groups in total. The lowest BCUT2D eigenvalue weighted by Crippen LogP contribution is -2.45. The second kappa shape index (κ2) is 6.83. The molecule has 2 rings (SSSR count). The van der Waals surface area contributed by atoms with Crippen LogP contribution in [0, 0.1) is 12.8 Å². The number of aryl methyl sites for hydroxylation is 1. The zero-order chi connectivity index (χ0) is 18.1. The van der Waals surface area contributed by atoms with Crippen molar-refractivity contribution in [3.05, 3.63) is 35.4 Å². The smallest absolute Gasteiger partial charge is 0.347 e. The van der Waals surface area contributed by atoms with Crippen molar-refractivity contribution in [2.24, 2.45) is 5.92 Å². The first-order chi connectivity index (χ1) is 11.1. The van der Waals surface area contributed by atoms with Crippen LogP contribution in [0.4, 0.5) is 13.2 Å². The van der Waals surface area contributed by atoms with Crippen molar-refractivity contribution in [3.63, 3.8) is 0 Å². The van der Waals surface area contributed by atoms with Gasteiger partial charge < -0.3 is 9.80 Å². The van der Waals surface area contributed by atoms with E-state index in [4.69, 9.17) is 0 Å². The van der Waals surface area contributed by atoms with E-state index in [9.17, 15) is 22.8 Å². The Balaban J connectivity index is 2.09. The SMILES string of the molecule is Cc1cccc([C@H]2C[C@@H]2C(=O)N(CC(=O)N(C)C)CC(F)(F)F)c1. The van der Waals surface area contributed by atoms with E-state index in [1.54, 1.807) is 0 Å². The number of carbonyl (C=O) groups excluding carboxylic acids is 2. The van der Waals surface area contributed by atoms with Crippen LogP contribution in [-0.4, -0.2) is 55.0 Å². The molecule has 0 aliphatic heterocycles. The molecule has 0 aromatic heterocycles. The highest BCUT2D eigenvalue weighted by molar-refractivity contribution is 5.88. The van der Waals surface area contributed by atoms with Crippen LogP contribution >= 0.6 is 0 Å². The Kier molecular flexibility index (Phi) is 5.20. The second-order valence-electron chi connectivity index (χ2n) is 6.46. The van der Waals surface area contributed by atoms with Crippen LogP contribution in [0.5, 0.6) is 0 Å². The van der Waals surface area contributed by atoms with Crippen LogP contribution in [0.25, 0.3) is 0 Å². The fourth-order valence-corrected chi connectivity index (χ4v) is 2.70.